The molecule has 2 aliphatic heterocycles. The van der Waals surface area contributed by atoms with Crippen LogP contribution in [-0.2, 0) is 9.53 Å². The highest BCUT2D eigenvalue weighted by Gasteiger charge is 2.19. The standard InChI is InChI=1S/C14H19ClN4O2S/c15-11-9-12(18-5-7-21-8-6-18)17-14(16-11)22-10-13(20)19-3-1-2-4-19/h9H,1-8,10H2. The van der Waals surface area contributed by atoms with E-state index in [4.69, 9.17) is 16.3 Å². The lowest BCUT2D eigenvalue weighted by Crippen LogP contribution is -2.36. The van der Waals surface area contributed by atoms with E-state index in [1.54, 1.807) is 6.07 Å². The fourth-order valence-electron chi connectivity index (χ4n) is 2.59. The average Bonchev–Trinajstić information content (AvgIpc) is 3.07. The number of hydrogen-bond acceptors (Lipinski definition) is 6. The van der Waals surface area contributed by atoms with Crippen LogP contribution in [0.1, 0.15) is 12.8 Å². The summed E-state index contributed by atoms with van der Waals surface area (Å²) in [6.45, 7) is 4.72. The van der Waals surface area contributed by atoms with E-state index < -0.39 is 0 Å². The number of halogens is 1. The number of nitrogens with zero attached hydrogens (tertiary/aromatic N) is 4. The molecule has 1 amide bonds. The molecule has 0 atom stereocenters. The second kappa shape index (κ2) is 7.48. The first kappa shape index (κ1) is 15.8. The van der Waals surface area contributed by atoms with Crippen molar-refractivity contribution in [3.8, 4) is 0 Å². The number of hydrogen-bond donors (Lipinski definition) is 0. The van der Waals surface area contributed by atoms with Gasteiger partial charge in [-0.05, 0) is 12.8 Å². The van der Waals surface area contributed by atoms with E-state index in [0.717, 1.165) is 44.8 Å². The van der Waals surface area contributed by atoms with Gasteiger partial charge in [0, 0.05) is 32.2 Å². The Kier molecular flexibility index (Phi) is 5.38. The number of ether oxygens (including phenoxy) is 1. The summed E-state index contributed by atoms with van der Waals surface area (Å²) in [5.74, 6) is 1.32. The maximum atomic E-state index is 12.1. The van der Waals surface area contributed by atoms with E-state index >= 15 is 0 Å². The molecule has 1 aromatic rings. The molecule has 1 aromatic heterocycles. The molecule has 3 rings (SSSR count). The SMILES string of the molecule is O=C(CSc1nc(Cl)cc(N2CCOCC2)n1)N1CCCC1. The molecular weight excluding hydrogens is 324 g/mol. The number of carbonyl (C=O) groups excluding carboxylic acids is 1. The number of likely N-dealkylation sites (tertiary alicyclic amines) is 1. The van der Waals surface area contributed by atoms with Crippen molar-refractivity contribution in [3.05, 3.63) is 11.2 Å². The minimum atomic E-state index is 0.152. The second-order valence-electron chi connectivity index (χ2n) is 5.31. The Hall–Kier alpha value is -1.05. The van der Waals surface area contributed by atoms with Crippen molar-refractivity contribution in [1.29, 1.82) is 0 Å². The Balaban J connectivity index is 1.62. The Bertz CT molecular complexity index is 534. The first-order chi connectivity index (χ1) is 10.7. The van der Waals surface area contributed by atoms with E-state index in [2.05, 4.69) is 14.9 Å². The van der Waals surface area contributed by atoms with Crippen LogP contribution in [-0.4, -0.2) is 65.9 Å². The summed E-state index contributed by atoms with van der Waals surface area (Å²) < 4.78 is 5.34. The van der Waals surface area contributed by atoms with Crippen molar-refractivity contribution in [1.82, 2.24) is 14.9 Å². The zero-order valence-corrected chi connectivity index (χ0v) is 13.9. The minimum Gasteiger partial charge on any atom is -0.378 e. The summed E-state index contributed by atoms with van der Waals surface area (Å²) in [6.07, 6.45) is 2.20. The van der Waals surface area contributed by atoms with Gasteiger partial charge in [-0.3, -0.25) is 4.79 Å². The quantitative estimate of drug-likeness (QED) is 0.471. The summed E-state index contributed by atoms with van der Waals surface area (Å²) >= 11 is 7.45. The summed E-state index contributed by atoms with van der Waals surface area (Å²) in [5, 5.41) is 0.967. The normalized spacial score (nSPS) is 18.8. The van der Waals surface area contributed by atoms with Gasteiger partial charge in [0.1, 0.15) is 11.0 Å². The van der Waals surface area contributed by atoms with Crippen LogP contribution in [0.25, 0.3) is 0 Å². The Morgan fingerprint density at radius 2 is 1.95 bits per heavy atom. The third-order valence-corrected chi connectivity index (χ3v) is 4.81. The van der Waals surface area contributed by atoms with Crippen LogP contribution in [0.2, 0.25) is 5.15 Å². The minimum absolute atomic E-state index is 0.152. The monoisotopic (exact) mass is 342 g/mol. The maximum Gasteiger partial charge on any atom is 0.233 e. The lowest BCUT2D eigenvalue weighted by atomic mass is 10.4. The lowest BCUT2D eigenvalue weighted by molar-refractivity contribution is -0.127. The van der Waals surface area contributed by atoms with Gasteiger partial charge in [0.25, 0.3) is 0 Å². The first-order valence-electron chi connectivity index (χ1n) is 7.50. The van der Waals surface area contributed by atoms with Crippen molar-refractivity contribution in [2.24, 2.45) is 0 Å². The van der Waals surface area contributed by atoms with E-state index in [-0.39, 0.29) is 5.91 Å². The van der Waals surface area contributed by atoms with Crippen LogP contribution < -0.4 is 4.90 Å². The van der Waals surface area contributed by atoms with Gasteiger partial charge in [0.2, 0.25) is 5.91 Å². The van der Waals surface area contributed by atoms with Crippen molar-refractivity contribution >= 4 is 35.1 Å². The van der Waals surface area contributed by atoms with Gasteiger partial charge < -0.3 is 14.5 Å². The highest BCUT2D eigenvalue weighted by atomic mass is 35.5. The first-order valence-corrected chi connectivity index (χ1v) is 8.86. The molecule has 2 fully saturated rings. The lowest BCUT2D eigenvalue weighted by Gasteiger charge is -2.27. The van der Waals surface area contributed by atoms with Crippen LogP contribution in [0.3, 0.4) is 0 Å². The molecule has 120 valence electrons. The van der Waals surface area contributed by atoms with E-state index in [1.807, 2.05) is 4.90 Å². The summed E-state index contributed by atoms with van der Waals surface area (Å²) in [5.41, 5.74) is 0. The molecule has 22 heavy (non-hydrogen) atoms. The van der Waals surface area contributed by atoms with Crippen LogP contribution in [0, 0.1) is 0 Å². The highest BCUT2D eigenvalue weighted by Crippen LogP contribution is 2.23. The zero-order chi connectivity index (χ0) is 15.4. The summed E-state index contributed by atoms with van der Waals surface area (Å²) in [7, 11) is 0. The van der Waals surface area contributed by atoms with Crippen molar-refractivity contribution in [2.45, 2.75) is 18.0 Å². The third kappa shape index (κ3) is 4.02. The van der Waals surface area contributed by atoms with Gasteiger partial charge in [0.05, 0.1) is 19.0 Å². The molecule has 0 spiro atoms. The molecule has 3 heterocycles. The van der Waals surface area contributed by atoms with Gasteiger partial charge in [-0.2, -0.15) is 0 Å². The number of amides is 1. The maximum absolute atomic E-state index is 12.1. The molecule has 6 nitrogen and oxygen atoms in total. The predicted molar refractivity (Wildman–Crippen MR) is 86.6 cm³/mol. The van der Waals surface area contributed by atoms with Gasteiger partial charge in [-0.25, -0.2) is 9.97 Å². The number of morpholine rings is 1. The highest BCUT2D eigenvalue weighted by molar-refractivity contribution is 7.99. The van der Waals surface area contributed by atoms with Crippen molar-refractivity contribution < 1.29 is 9.53 Å². The van der Waals surface area contributed by atoms with Crippen LogP contribution in [0.15, 0.2) is 11.2 Å². The van der Waals surface area contributed by atoms with Gasteiger partial charge in [-0.1, -0.05) is 23.4 Å². The van der Waals surface area contributed by atoms with Crippen LogP contribution >= 0.6 is 23.4 Å². The van der Waals surface area contributed by atoms with Gasteiger partial charge in [0.15, 0.2) is 5.16 Å². The number of anilines is 1. The molecule has 2 saturated heterocycles. The molecule has 0 aliphatic carbocycles. The van der Waals surface area contributed by atoms with E-state index in [0.29, 0.717) is 29.3 Å². The molecule has 2 aliphatic rings. The average molecular weight is 343 g/mol. The molecule has 0 N–H and O–H groups in total. The van der Waals surface area contributed by atoms with E-state index in [9.17, 15) is 4.79 Å². The molecule has 8 heteroatoms. The Morgan fingerprint density at radius 1 is 1.23 bits per heavy atom. The third-order valence-electron chi connectivity index (χ3n) is 3.78. The summed E-state index contributed by atoms with van der Waals surface area (Å²) in [4.78, 5) is 24.9. The number of carbonyl (C=O) groups is 1. The fourth-order valence-corrected chi connectivity index (χ4v) is 3.57. The molecule has 0 saturated carbocycles. The zero-order valence-electron chi connectivity index (χ0n) is 12.3. The molecule has 0 unspecified atom stereocenters. The smallest absolute Gasteiger partial charge is 0.233 e. The number of rotatable bonds is 4. The summed E-state index contributed by atoms with van der Waals surface area (Å²) in [6, 6.07) is 1.76. The largest absolute Gasteiger partial charge is 0.378 e. The molecule has 0 radical (unpaired) electrons. The molecule has 0 bridgehead atoms. The van der Waals surface area contributed by atoms with Crippen LogP contribution in [0.4, 0.5) is 5.82 Å². The van der Waals surface area contributed by atoms with E-state index in [1.165, 1.54) is 11.8 Å². The van der Waals surface area contributed by atoms with Crippen molar-refractivity contribution in [3.63, 3.8) is 0 Å². The van der Waals surface area contributed by atoms with Gasteiger partial charge in [-0.15, -0.1) is 0 Å². The second-order valence-corrected chi connectivity index (χ2v) is 6.64. The fraction of sp³-hybridized carbons (Fsp3) is 0.643. The Labute approximate surface area is 139 Å². The molecular formula is C14H19ClN4O2S. The number of aromatic nitrogens is 2. The molecule has 0 aromatic carbocycles. The van der Waals surface area contributed by atoms with Gasteiger partial charge >= 0.3 is 0 Å². The predicted octanol–water partition coefficient (Wildman–Crippen LogP) is 1.68. The van der Waals surface area contributed by atoms with Crippen molar-refractivity contribution in [2.75, 3.05) is 50.0 Å². The van der Waals surface area contributed by atoms with Crippen LogP contribution in [0.5, 0.6) is 0 Å². The number of thioether (sulfide) groups is 1. The Morgan fingerprint density at radius 3 is 2.68 bits per heavy atom. The topological polar surface area (TPSA) is 58.6 Å².